The minimum atomic E-state index is 0.0426. The molecule has 0 spiro atoms. The van der Waals surface area contributed by atoms with Crippen LogP contribution in [-0.4, -0.2) is 15.8 Å². The second-order valence-corrected chi connectivity index (χ2v) is 4.94. The lowest BCUT2D eigenvalue weighted by Crippen LogP contribution is -1.93. The molecule has 3 nitrogen and oxygen atoms in total. The Hall–Kier alpha value is -2.07. The fourth-order valence-electron chi connectivity index (χ4n) is 1.77. The first-order valence-corrected chi connectivity index (χ1v) is 6.43. The lowest BCUT2D eigenvalue weighted by molar-refractivity contribution is 0.101. The van der Waals surface area contributed by atoms with Gasteiger partial charge in [0.05, 0.1) is 27.8 Å². The van der Waals surface area contributed by atoms with Crippen molar-refractivity contribution in [2.75, 3.05) is 0 Å². The van der Waals surface area contributed by atoms with Crippen molar-refractivity contribution in [2.45, 2.75) is 6.92 Å². The van der Waals surface area contributed by atoms with Gasteiger partial charge in [-0.15, -0.1) is 11.3 Å². The molecule has 0 unspecified atom stereocenters. The molecule has 0 bridgehead atoms. The number of carbonyl (C=O) groups excluding carboxylic acids is 1. The number of ketones is 1. The van der Waals surface area contributed by atoms with Gasteiger partial charge in [-0.05, 0) is 36.6 Å². The van der Waals surface area contributed by atoms with Crippen LogP contribution in [0.15, 0.2) is 41.9 Å². The van der Waals surface area contributed by atoms with Gasteiger partial charge in [-0.2, -0.15) is 0 Å². The van der Waals surface area contributed by atoms with Crippen molar-refractivity contribution in [2.24, 2.45) is 0 Å². The molecule has 0 aliphatic carbocycles. The van der Waals surface area contributed by atoms with E-state index in [1.807, 2.05) is 23.6 Å². The molecule has 0 saturated carbocycles. The van der Waals surface area contributed by atoms with E-state index in [0.29, 0.717) is 5.56 Å². The fourth-order valence-corrected chi connectivity index (χ4v) is 2.45. The van der Waals surface area contributed by atoms with Gasteiger partial charge in [0.15, 0.2) is 5.78 Å². The predicted octanol–water partition coefficient (Wildman–Crippen LogP) is 3.56. The Balaban J connectivity index is 2.14. The van der Waals surface area contributed by atoms with Crippen LogP contribution in [0.2, 0.25) is 0 Å². The molecule has 0 atom stereocenters. The van der Waals surface area contributed by atoms with E-state index in [1.165, 1.54) is 0 Å². The molecule has 3 rings (SSSR count). The highest BCUT2D eigenvalue weighted by Crippen LogP contribution is 2.23. The molecular formula is C14H10N2OS. The first-order valence-electron chi connectivity index (χ1n) is 5.56. The van der Waals surface area contributed by atoms with Crippen LogP contribution >= 0.6 is 11.3 Å². The quantitative estimate of drug-likeness (QED) is 0.657. The molecular weight excluding hydrogens is 244 g/mol. The van der Waals surface area contributed by atoms with Crippen LogP contribution in [0, 0.1) is 0 Å². The number of benzene rings is 1. The van der Waals surface area contributed by atoms with E-state index in [9.17, 15) is 4.79 Å². The monoisotopic (exact) mass is 254 g/mol. The zero-order valence-electron chi connectivity index (χ0n) is 9.75. The normalized spacial score (nSPS) is 10.7. The summed E-state index contributed by atoms with van der Waals surface area (Å²) in [7, 11) is 0. The summed E-state index contributed by atoms with van der Waals surface area (Å²) in [6.45, 7) is 1.55. The van der Waals surface area contributed by atoms with E-state index in [2.05, 4.69) is 9.97 Å². The molecule has 88 valence electrons. The maximum absolute atomic E-state index is 11.3. The molecule has 2 aromatic heterocycles. The molecule has 0 saturated heterocycles. The third kappa shape index (κ3) is 1.91. The Labute approximate surface area is 108 Å². The van der Waals surface area contributed by atoms with Crippen molar-refractivity contribution < 1.29 is 4.79 Å². The summed E-state index contributed by atoms with van der Waals surface area (Å²) >= 11 is 1.64. The molecule has 0 amide bonds. The summed E-state index contributed by atoms with van der Waals surface area (Å²) in [6.07, 6.45) is 1.75. The first kappa shape index (κ1) is 11.0. The minimum absolute atomic E-state index is 0.0426. The van der Waals surface area contributed by atoms with E-state index < -0.39 is 0 Å². The highest BCUT2D eigenvalue weighted by molar-refractivity contribution is 7.13. The predicted molar refractivity (Wildman–Crippen MR) is 72.9 cm³/mol. The third-order valence-corrected chi connectivity index (χ3v) is 3.61. The highest BCUT2D eigenvalue weighted by atomic mass is 32.1. The van der Waals surface area contributed by atoms with Crippen molar-refractivity contribution in [1.29, 1.82) is 0 Å². The average Bonchev–Trinajstić information content (AvgIpc) is 2.91. The van der Waals surface area contributed by atoms with Gasteiger partial charge < -0.3 is 0 Å². The van der Waals surface area contributed by atoms with Gasteiger partial charge in [0, 0.05) is 5.56 Å². The van der Waals surface area contributed by atoms with Gasteiger partial charge in [0.1, 0.15) is 0 Å². The molecule has 0 fully saturated rings. The second-order valence-electron chi connectivity index (χ2n) is 3.99. The van der Waals surface area contributed by atoms with Crippen LogP contribution in [-0.2, 0) is 0 Å². The smallest absolute Gasteiger partial charge is 0.159 e. The Bertz CT molecular complexity index is 720. The van der Waals surface area contributed by atoms with Crippen LogP contribution in [0.3, 0.4) is 0 Å². The molecule has 4 heteroatoms. The van der Waals surface area contributed by atoms with Crippen LogP contribution in [0.5, 0.6) is 0 Å². The van der Waals surface area contributed by atoms with Crippen molar-refractivity contribution in [3.8, 4) is 10.6 Å². The lowest BCUT2D eigenvalue weighted by Gasteiger charge is -2.01. The van der Waals surface area contributed by atoms with Gasteiger partial charge >= 0.3 is 0 Å². The maximum Gasteiger partial charge on any atom is 0.159 e. The van der Waals surface area contributed by atoms with Gasteiger partial charge in [0.25, 0.3) is 0 Å². The summed E-state index contributed by atoms with van der Waals surface area (Å²) in [4.78, 5) is 21.3. The summed E-state index contributed by atoms with van der Waals surface area (Å²) in [5.74, 6) is 0.0426. The Morgan fingerprint density at radius 3 is 2.83 bits per heavy atom. The highest BCUT2D eigenvalue weighted by Gasteiger charge is 2.05. The zero-order chi connectivity index (χ0) is 12.5. The lowest BCUT2D eigenvalue weighted by atomic mass is 10.1. The second kappa shape index (κ2) is 4.31. The van der Waals surface area contributed by atoms with E-state index in [1.54, 1.807) is 36.6 Å². The number of aromatic nitrogens is 2. The SMILES string of the molecule is CC(=O)c1ccc2nc(-c3cccs3)cnc2c1. The first-order chi connectivity index (χ1) is 8.74. The number of fused-ring (bicyclic) bond motifs is 1. The maximum atomic E-state index is 11.3. The van der Waals surface area contributed by atoms with Gasteiger partial charge in [-0.3, -0.25) is 9.78 Å². The van der Waals surface area contributed by atoms with E-state index in [4.69, 9.17) is 0 Å². The molecule has 2 heterocycles. The van der Waals surface area contributed by atoms with Crippen LogP contribution < -0.4 is 0 Å². The van der Waals surface area contributed by atoms with E-state index in [-0.39, 0.29) is 5.78 Å². The molecule has 0 aliphatic heterocycles. The van der Waals surface area contributed by atoms with Crippen molar-refractivity contribution in [1.82, 2.24) is 9.97 Å². The largest absolute Gasteiger partial charge is 0.295 e. The number of thiophene rings is 1. The average molecular weight is 254 g/mol. The molecule has 1 aromatic carbocycles. The van der Waals surface area contributed by atoms with Gasteiger partial charge in [-0.1, -0.05) is 6.07 Å². The van der Waals surface area contributed by atoms with E-state index in [0.717, 1.165) is 21.6 Å². The molecule has 18 heavy (non-hydrogen) atoms. The Morgan fingerprint density at radius 1 is 1.22 bits per heavy atom. The molecule has 0 N–H and O–H groups in total. The standard InChI is InChI=1S/C14H10N2OS/c1-9(17)10-4-5-11-12(7-10)15-8-13(16-11)14-3-2-6-18-14/h2-8H,1H3. The summed E-state index contributed by atoms with van der Waals surface area (Å²) in [6, 6.07) is 9.42. The Morgan fingerprint density at radius 2 is 2.11 bits per heavy atom. The molecule has 3 aromatic rings. The number of carbonyl (C=O) groups is 1. The minimum Gasteiger partial charge on any atom is -0.295 e. The zero-order valence-corrected chi connectivity index (χ0v) is 10.6. The van der Waals surface area contributed by atoms with Crippen molar-refractivity contribution in [3.05, 3.63) is 47.5 Å². The molecule has 0 aliphatic rings. The fraction of sp³-hybridized carbons (Fsp3) is 0.0714. The third-order valence-electron chi connectivity index (χ3n) is 2.72. The summed E-state index contributed by atoms with van der Waals surface area (Å²) in [5, 5.41) is 2.01. The van der Waals surface area contributed by atoms with E-state index >= 15 is 0 Å². The van der Waals surface area contributed by atoms with Gasteiger partial charge in [-0.25, -0.2) is 4.98 Å². The van der Waals surface area contributed by atoms with Crippen molar-refractivity contribution in [3.63, 3.8) is 0 Å². The molecule has 0 radical (unpaired) electrons. The number of Topliss-reactive ketones (excluding diaryl/α,β-unsaturated/α-hetero) is 1. The topological polar surface area (TPSA) is 42.9 Å². The summed E-state index contributed by atoms with van der Waals surface area (Å²) < 4.78 is 0. The van der Waals surface area contributed by atoms with Gasteiger partial charge in [0.2, 0.25) is 0 Å². The van der Waals surface area contributed by atoms with Crippen LogP contribution in [0.1, 0.15) is 17.3 Å². The van der Waals surface area contributed by atoms with Crippen LogP contribution in [0.4, 0.5) is 0 Å². The van der Waals surface area contributed by atoms with Crippen molar-refractivity contribution >= 4 is 28.2 Å². The number of hydrogen-bond acceptors (Lipinski definition) is 4. The Kier molecular flexibility index (Phi) is 2.64. The number of rotatable bonds is 2. The van der Waals surface area contributed by atoms with Crippen LogP contribution in [0.25, 0.3) is 21.6 Å². The number of hydrogen-bond donors (Lipinski definition) is 0. The number of nitrogens with zero attached hydrogens (tertiary/aromatic N) is 2. The summed E-state index contributed by atoms with van der Waals surface area (Å²) in [5.41, 5.74) is 3.10.